The number of carbonyl (C=O) groups is 1. The predicted octanol–water partition coefficient (Wildman–Crippen LogP) is 5.13. The van der Waals surface area contributed by atoms with Crippen molar-refractivity contribution in [2.24, 2.45) is 0 Å². The van der Waals surface area contributed by atoms with Gasteiger partial charge in [-0.25, -0.2) is 0 Å². The molecule has 4 rings (SSSR count). The lowest BCUT2D eigenvalue weighted by Gasteiger charge is -2.31. The van der Waals surface area contributed by atoms with E-state index < -0.39 is 0 Å². The molecule has 0 N–H and O–H groups in total. The second-order valence-corrected chi connectivity index (χ2v) is 8.45. The van der Waals surface area contributed by atoms with Gasteiger partial charge < -0.3 is 19.1 Å². The van der Waals surface area contributed by atoms with Crippen LogP contribution in [0.4, 0.5) is 5.69 Å². The summed E-state index contributed by atoms with van der Waals surface area (Å²) >= 11 is 0. The molecule has 1 fully saturated rings. The Bertz CT molecular complexity index is 1030. The molecule has 2 heterocycles. The average molecular weight is 434 g/mol. The summed E-state index contributed by atoms with van der Waals surface area (Å²) in [6.45, 7) is 6.92. The molecule has 1 aliphatic rings. The van der Waals surface area contributed by atoms with Crippen molar-refractivity contribution in [1.82, 2.24) is 10.1 Å². The first-order valence-corrected chi connectivity index (χ1v) is 11.3. The molecule has 168 valence electrons. The van der Waals surface area contributed by atoms with Gasteiger partial charge in [-0.15, -0.1) is 0 Å². The molecular weight excluding hydrogens is 402 g/mol. The van der Waals surface area contributed by atoms with Gasteiger partial charge in [0.15, 0.2) is 0 Å². The van der Waals surface area contributed by atoms with E-state index >= 15 is 0 Å². The molecule has 1 aliphatic heterocycles. The van der Waals surface area contributed by atoms with Crippen LogP contribution in [0, 0.1) is 13.8 Å². The quantitative estimate of drug-likeness (QED) is 0.517. The van der Waals surface area contributed by atoms with Gasteiger partial charge in [0.1, 0.15) is 18.1 Å². The minimum atomic E-state index is -0.00396. The average Bonchev–Trinajstić information content (AvgIpc) is 3.15. The number of rotatable bonds is 7. The number of amides is 1. The molecule has 0 unspecified atom stereocenters. The molecule has 0 aliphatic carbocycles. The number of ether oxygens (including phenoxy) is 1. The Morgan fingerprint density at radius 2 is 1.78 bits per heavy atom. The van der Waals surface area contributed by atoms with Gasteiger partial charge in [-0.1, -0.05) is 23.4 Å². The highest BCUT2D eigenvalue weighted by Gasteiger charge is 2.18. The largest absolute Gasteiger partial charge is 0.489 e. The molecule has 2 aromatic carbocycles. The van der Waals surface area contributed by atoms with Crippen molar-refractivity contribution in [1.29, 1.82) is 0 Å². The van der Waals surface area contributed by atoms with Crippen molar-refractivity contribution < 1.29 is 14.1 Å². The van der Waals surface area contributed by atoms with Gasteiger partial charge in [-0.2, -0.15) is 0 Å². The van der Waals surface area contributed by atoms with Gasteiger partial charge in [0.05, 0.1) is 11.3 Å². The molecule has 0 bridgehead atoms. The lowest BCUT2D eigenvalue weighted by molar-refractivity contribution is 0.0785. The molecular formula is C26H31N3O3. The van der Waals surface area contributed by atoms with E-state index in [0.29, 0.717) is 24.5 Å². The molecule has 0 spiro atoms. The SMILES string of the molecule is Cc1noc(C)c1COc1ccc(C(=O)N(C)Cc2ccccc2N2CCCCC2)cc1. The smallest absolute Gasteiger partial charge is 0.253 e. The number of hydrogen-bond donors (Lipinski definition) is 0. The van der Waals surface area contributed by atoms with Crippen molar-refractivity contribution in [3.63, 3.8) is 0 Å². The summed E-state index contributed by atoms with van der Waals surface area (Å²) in [5, 5.41) is 3.95. The van der Waals surface area contributed by atoms with E-state index in [0.717, 1.165) is 30.1 Å². The Labute approximate surface area is 189 Å². The number of hydrogen-bond acceptors (Lipinski definition) is 5. The minimum absolute atomic E-state index is 0.00396. The zero-order chi connectivity index (χ0) is 22.5. The van der Waals surface area contributed by atoms with E-state index in [1.54, 1.807) is 4.90 Å². The minimum Gasteiger partial charge on any atom is -0.489 e. The third kappa shape index (κ3) is 4.96. The van der Waals surface area contributed by atoms with Crippen LogP contribution >= 0.6 is 0 Å². The van der Waals surface area contributed by atoms with Crippen LogP contribution in [-0.2, 0) is 13.2 Å². The standard InChI is InChI=1S/C26H31N3O3/c1-19-24(20(2)32-27-19)18-31-23-13-11-21(12-14-23)26(30)28(3)17-22-9-5-6-10-25(22)29-15-7-4-8-16-29/h5-6,9-14H,4,7-8,15-18H2,1-3H3. The van der Waals surface area contributed by atoms with Gasteiger partial charge in [-0.3, -0.25) is 4.79 Å². The second-order valence-electron chi connectivity index (χ2n) is 8.45. The first-order chi connectivity index (χ1) is 15.5. The van der Waals surface area contributed by atoms with Crippen LogP contribution in [0.3, 0.4) is 0 Å². The summed E-state index contributed by atoms with van der Waals surface area (Å²) in [5.41, 5.74) is 4.87. The maximum atomic E-state index is 13.0. The normalized spacial score (nSPS) is 13.8. The molecule has 1 amide bonds. The van der Waals surface area contributed by atoms with Gasteiger partial charge in [-0.05, 0) is 69.0 Å². The Balaban J connectivity index is 1.39. The van der Waals surface area contributed by atoms with Crippen molar-refractivity contribution in [2.75, 3.05) is 25.0 Å². The van der Waals surface area contributed by atoms with Crippen LogP contribution in [0.5, 0.6) is 5.75 Å². The molecule has 3 aromatic rings. The summed E-state index contributed by atoms with van der Waals surface area (Å²) in [6.07, 6.45) is 3.76. The van der Waals surface area contributed by atoms with Crippen LogP contribution in [0.25, 0.3) is 0 Å². The summed E-state index contributed by atoms with van der Waals surface area (Å²) in [5.74, 6) is 1.47. The number of anilines is 1. The van der Waals surface area contributed by atoms with Crippen LogP contribution in [0.2, 0.25) is 0 Å². The number of piperidine rings is 1. The lowest BCUT2D eigenvalue weighted by atomic mass is 10.1. The van der Waals surface area contributed by atoms with Crippen molar-refractivity contribution in [3.05, 3.63) is 76.7 Å². The molecule has 6 heteroatoms. The fourth-order valence-electron chi connectivity index (χ4n) is 4.19. The van der Waals surface area contributed by atoms with Gasteiger partial charge in [0, 0.05) is 37.9 Å². The molecule has 6 nitrogen and oxygen atoms in total. The highest BCUT2D eigenvalue weighted by Crippen LogP contribution is 2.26. The van der Waals surface area contributed by atoms with Crippen LogP contribution in [0.1, 0.15) is 52.2 Å². The predicted molar refractivity (Wildman–Crippen MR) is 125 cm³/mol. The first-order valence-electron chi connectivity index (χ1n) is 11.3. The van der Waals surface area contributed by atoms with E-state index in [1.807, 2.05) is 51.2 Å². The zero-order valence-corrected chi connectivity index (χ0v) is 19.1. The van der Waals surface area contributed by atoms with Gasteiger partial charge >= 0.3 is 0 Å². The summed E-state index contributed by atoms with van der Waals surface area (Å²) < 4.78 is 11.0. The third-order valence-electron chi connectivity index (χ3n) is 6.11. The molecule has 1 saturated heterocycles. The number of nitrogens with zero attached hydrogens (tertiary/aromatic N) is 3. The molecule has 32 heavy (non-hydrogen) atoms. The Hall–Kier alpha value is -3.28. The fraction of sp³-hybridized carbons (Fsp3) is 0.385. The highest BCUT2D eigenvalue weighted by atomic mass is 16.5. The van der Waals surface area contributed by atoms with Crippen molar-refractivity contribution >= 4 is 11.6 Å². The Morgan fingerprint density at radius 1 is 1.06 bits per heavy atom. The first kappa shape index (κ1) is 21.9. The Morgan fingerprint density at radius 3 is 2.47 bits per heavy atom. The molecule has 0 saturated carbocycles. The van der Waals surface area contributed by atoms with E-state index in [1.165, 1.54) is 30.5 Å². The van der Waals surface area contributed by atoms with E-state index in [2.05, 4.69) is 28.3 Å². The summed E-state index contributed by atoms with van der Waals surface area (Å²) in [6, 6.07) is 15.7. The number of para-hydroxylation sites is 1. The van der Waals surface area contributed by atoms with E-state index in [4.69, 9.17) is 9.26 Å². The molecule has 1 aromatic heterocycles. The topological polar surface area (TPSA) is 58.8 Å². The zero-order valence-electron chi connectivity index (χ0n) is 19.1. The maximum Gasteiger partial charge on any atom is 0.253 e. The van der Waals surface area contributed by atoms with E-state index in [-0.39, 0.29) is 5.91 Å². The lowest BCUT2D eigenvalue weighted by Crippen LogP contribution is -2.32. The van der Waals surface area contributed by atoms with Gasteiger partial charge in [0.25, 0.3) is 5.91 Å². The van der Waals surface area contributed by atoms with Crippen molar-refractivity contribution in [3.8, 4) is 5.75 Å². The number of aromatic nitrogens is 1. The van der Waals surface area contributed by atoms with Crippen LogP contribution in [0.15, 0.2) is 53.1 Å². The van der Waals surface area contributed by atoms with Crippen LogP contribution < -0.4 is 9.64 Å². The second kappa shape index (κ2) is 9.90. The summed E-state index contributed by atoms with van der Waals surface area (Å²) in [7, 11) is 1.86. The monoisotopic (exact) mass is 433 g/mol. The highest BCUT2D eigenvalue weighted by molar-refractivity contribution is 5.94. The third-order valence-corrected chi connectivity index (χ3v) is 6.11. The number of aryl methyl sites for hydroxylation is 2. The Kier molecular flexibility index (Phi) is 6.78. The number of carbonyl (C=O) groups excluding carboxylic acids is 1. The summed E-state index contributed by atoms with van der Waals surface area (Å²) in [4.78, 5) is 17.3. The fourth-order valence-corrected chi connectivity index (χ4v) is 4.19. The molecule has 0 atom stereocenters. The number of benzene rings is 2. The van der Waals surface area contributed by atoms with Gasteiger partial charge in [0.2, 0.25) is 0 Å². The van der Waals surface area contributed by atoms with E-state index in [9.17, 15) is 4.79 Å². The van der Waals surface area contributed by atoms with Crippen molar-refractivity contribution in [2.45, 2.75) is 46.3 Å². The van der Waals surface area contributed by atoms with Crippen LogP contribution in [-0.4, -0.2) is 36.1 Å². The maximum absolute atomic E-state index is 13.0. The molecule has 0 radical (unpaired) electrons.